The Balaban J connectivity index is 0.00000133. The third-order valence-corrected chi connectivity index (χ3v) is 4.93. The molecule has 1 aromatic rings. The molecule has 4 nitrogen and oxygen atoms in total. The van der Waals surface area contributed by atoms with Gasteiger partial charge in [-0.25, -0.2) is 4.98 Å². The lowest BCUT2D eigenvalue weighted by atomic mass is 10.2. The van der Waals surface area contributed by atoms with E-state index < -0.39 is 0 Å². The Morgan fingerprint density at radius 1 is 1.37 bits per heavy atom. The Kier molecular flexibility index (Phi) is 5.59. The maximum Gasteiger partial charge on any atom is 0.107 e. The van der Waals surface area contributed by atoms with Crippen molar-refractivity contribution in [2.75, 3.05) is 39.3 Å². The summed E-state index contributed by atoms with van der Waals surface area (Å²) in [6, 6.07) is 0.786. The minimum absolute atomic E-state index is 0. The summed E-state index contributed by atoms with van der Waals surface area (Å²) >= 11 is 1.79. The van der Waals surface area contributed by atoms with Crippen molar-refractivity contribution in [3.63, 3.8) is 0 Å². The van der Waals surface area contributed by atoms with Gasteiger partial charge in [-0.1, -0.05) is 0 Å². The van der Waals surface area contributed by atoms with E-state index in [0.29, 0.717) is 0 Å². The van der Waals surface area contributed by atoms with E-state index in [0.717, 1.165) is 18.3 Å². The van der Waals surface area contributed by atoms with Crippen LogP contribution in [0, 0.1) is 6.92 Å². The Bertz CT molecular complexity index is 384. The number of thiazole rings is 1. The smallest absolute Gasteiger partial charge is 0.107 e. The minimum atomic E-state index is 0. The number of nitrogens with one attached hydrogen (secondary N) is 1. The van der Waals surface area contributed by atoms with Gasteiger partial charge in [0.2, 0.25) is 0 Å². The summed E-state index contributed by atoms with van der Waals surface area (Å²) in [7, 11) is 0. The van der Waals surface area contributed by atoms with Gasteiger partial charge in [0.15, 0.2) is 0 Å². The predicted molar refractivity (Wildman–Crippen MR) is 82.2 cm³/mol. The molecule has 2 saturated heterocycles. The summed E-state index contributed by atoms with van der Waals surface area (Å²) in [6.45, 7) is 10.3. The lowest BCUT2D eigenvalue weighted by Gasteiger charge is -2.37. The van der Waals surface area contributed by atoms with Crippen molar-refractivity contribution in [3.05, 3.63) is 16.1 Å². The molecule has 3 heterocycles. The van der Waals surface area contributed by atoms with Crippen LogP contribution in [0.4, 0.5) is 0 Å². The number of halogens is 1. The molecule has 2 aliphatic rings. The van der Waals surface area contributed by atoms with Crippen molar-refractivity contribution in [1.29, 1.82) is 0 Å². The number of rotatable bonds is 3. The van der Waals surface area contributed by atoms with Gasteiger partial charge in [0, 0.05) is 49.8 Å². The second-order valence-corrected chi connectivity index (χ2v) is 6.28. The highest BCUT2D eigenvalue weighted by Crippen LogP contribution is 2.15. The molecular formula is C13H23ClN4S. The summed E-state index contributed by atoms with van der Waals surface area (Å²) in [4.78, 5) is 9.75. The molecule has 0 radical (unpaired) electrons. The van der Waals surface area contributed by atoms with E-state index in [1.54, 1.807) is 11.3 Å². The highest BCUT2D eigenvalue weighted by molar-refractivity contribution is 7.09. The van der Waals surface area contributed by atoms with E-state index >= 15 is 0 Å². The fourth-order valence-electron chi connectivity index (χ4n) is 2.90. The Hall–Kier alpha value is -0.200. The molecule has 0 spiro atoms. The summed E-state index contributed by atoms with van der Waals surface area (Å²) in [6.07, 6.45) is 1.33. The van der Waals surface area contributed by atoms with Gasteiger partial charge in [0.1, 0.15) is 5.01 Å². The second kappa shape index (κ2) is 6.99. The van der Waals surface area contributed by atoms with Crippen LogP contribution < -0.4 is 5.32 Å². The van der Waals surface area contributed by atoms with Crippen LogP contribution in [0.1, 0.15) is 17.1 Å². The van der Waals surface area contributed by atoms with Crippen molar-refractivity contribution in [3.8, 4) is 0 Å². The minimum Gasteiger partial charge on any atom is -0.315 e. The van der Waals surface area contributed by atoms with Gasteiger partial charge in [-0.15, -0.1) is 23.7 Å². The molecule has 2 fully saturated rings. The van der Waals surface area contributed by atoms with E-state index in [1.165, 1.54) is 50.7 Å². The molecule has 0 amide bonds. The first-order valence-electron chi connectivity index (χ1n) is 6.89. The zero-order chi connectivity index (χ0) is 12.4. The predicted octanol–water partition coefficient (Wildman–Crippen LogP) is 1.35. The third-order valence-electron chi connectivity index (χ3n) is 3.98. The van der Waals surface area contributed by atoms with Gasteiger partial charge in [-0.3, -0.25) is 9.80 Å². The molecule has 0 saturated carbocycles. The quantitative estimate of drug-likeness (QED) is 0.913. The zero-order valence-corrected chi connectivity index (χ0v) is 13.1. The number of nitrogens with zero attached hydrogens (tertiary/aromatic N) is 3. The summed E-state index contributed by atoms with van der Waals surface area (Å²) in [5.41, 5.74) is 1.16. The van der Waals surface area contributed by atoms with E-state index in [-0.39, 0.29) is 12.4 Å². The van der Waals surface area contributed by atoms with Crippen LogP contribution in [0.5, 0.6) is 0 Å². The topological polar surface area (TPSA) is 31.4 Å². The fraction of sp³-hybridized carbons (Fsp3) is 0.769. The van der Waals surface area contributed by atoms with Crippen LogP contribution in [-0.2, 0) is 6.54 Å². The highest BCUT2D eigenvalue weighted by atomic mass is 35.5. The van der Waals surface area contributed by atoms with Crippen molar-refractivity contribution in [2.24, 2.45) is 0 Å². The number of aromatic nitrogens is 1. The molecule has 19 heavy (non-hydrogen) atoms. The molecular weight excluding hydrogens is 280 g/mol. The Labute approximate surface area is 125 Å². The first-order chi connectivity index (χ1) is 8.81. The first-order valence-corrected chi connectivity index (χ1v) is 7.77. The summed E-state index contributed by atoms with van der Waals surface area (Å²) in [5.74, 6) is 0. The molecule has 1 atom stereocenters. The summed E-state index contributed by atoms with van der Waals surface area (Å²) in [5, 5.41) is 6.88. The highest BCUT2D eigenvalue weighted by Gasteiger charge is 2.26. The third kappa shape index (κ3) is 3.89. The van der Waals surface area contributed by atoms with Gasteiger partial charge < -0.3 is 5.32 Å². The van der Waals surface area contributed by atoms with Gasteiger partial charge in [0.25, 0.3) is 0 Å². The number of piperazine rings is 1. The molecule has 6 heteroatoms. The van der Waals surface area contributed by atoms with Crippen molar-refractivity contribution < 1.29 is 0 Å². The van der Waals surface area contributed by atoms with Gasteiger partial charge >= 0.3 is 0 Å². The van der Waals surface area contributed by atoms with Crippen molar-refractivity contribution in [2.45, 2.75) is 25.9 Å². The van der Waals surface area contributed by atoms with Gasteiger partial charge in [-0.05, 0) is 19.9 Å². The molecule has 0 bridgehead atoms. The lowest BCUT2D eigenvalue weighted by Crippen LogP contribution is -2.50. The maximum atomic E-state index is 4.55. The first kappa shape index (κ1) is 15.2. The number of hydrogen-bond acceptors (Lipinski definition) is 5. The standard InChI is InChI=1S/C13H22N4S.ClH/c1-11-10-18-13(15-11)9-16-4-6-17(7-5-16)12-2-3-14-8-12;/h10,12,14H,2-9H2,1H3;1H. The van der Waals surface area contributed by atoms with Crippen LogP contribution in [-0.4, -0.2) is 60.1 Å². The van der Waals surface area contributed by atoms with E-state index in [9.17, 15) is 0 Å². The van der Waals surface area contributed by atoms with Crippen LogP contribution >= 0.6 is 23.7 Å². The van der Waals surface area contributed by atoms with Gasteiger partial charge in [-0.2, -0.15) is 0 Å². The molecule has 1 N–H and O–H groups in total. The average molecular weight is 303 g/mol. The molecule has 1 unspecified atom stereocenters. The number of aryl methyl sites for hydroxylation is 1. The average Bonchev–Trinajstić information content (AvgIpc) is 3.02. The van der Waals surface area contributed by atoms with Crippen molar-refractivity contribution >= 4 is 23.7 Å². The molecule has 1 aromatic heterocycles. The van der Waals surface area contributed by atoms with Gasteiger partial charge in [0.05, 0.1) is 6.54 Å². The maximum absolute atomic E-state index is 4.55. The van der Waals surface area contributed by atoms with Crippen LogP contribution in [0.2, 0.25) is 0 Å². The lowest BCUT2D eigenvalue weighted by molar-refractivity contribution is 0.0980. The molecule has 3 rings (SSSR count). The monoisotopic (exact) mass is 302 g/mol. The Morgan fingerprint density at radius 2 is 2.16 bits per heavy atom. The van der Waals surface area contributed by atoms with Crippen molar-refractivity contribution in [1.82, 2.24) is 20.1 Å². The summed E-state index contributed by atoms with van der Waals surface area (Å²) < 4.78 is 0. The van der Waals surface area contributed by atoms with E-state index in [4.69, 9.17) is 0 Å². The SMILES string of the molecule is Cc1csc(CN2CCN(C3CCNC3)CC2)n1.Cl. The Morgan fingerprint density at radius 3 is 2.74 bits per heavy atom. The number of hydrogen-bond donors (Lipinski definition) is 1. The normalized spacial score (nSPS) is 25.4. The van der Waals surface area contributed by atoms with E-state index in [2.05, 4.69) is 32.4 Å². The molecule has 108 valence electrons. The van der Waals surface area contributed by atoms with Crippen LogP contribution in [0.3, 0.4) is 0 Å². The van der Waals surface area contributed by atoms with E-state index in [1.807, 2.05) is 0 Å². The second-order valence-electron chi connectivity index (χ2n) is 5.34. The molecule has 2 aliphatic heterocycles. The fourth-order valence-corrected chi connectivity index (χ4v) is 3.72. The molecule has 0 aromatic carbocycles. The van der Waals surface area contributed by atoms with Crippen LogP contribution in [0.15, 0.2) is 5.38 Å². The molecule has 0 aliphatic carbocycles. The van der Waals surface area contributed by atoms with Crippen LogP contribution in [0.25, 0.3) is 0 Å². The zero-order valence-electron chi connectivity index (χ0n) is 11.5. The largest absolute Gasteiger partial charge is 0.315 e.